The molecule has 27 heavy (non-hydrogen) atoms. The van der Waals surface area contributed by atoms with Crippen LogP contribution >= 0.6 is 11.3 Å². The van der Waals surface area contributed by atoms with E-state index in [1.54, 1.807) is 37.3 Å². The van der Waals surface area contributed by atoms with Gasteiger partial charge in [0, 0.05) is 37.7 Å². The van der Waals surface area contributed by atoms with E-state index in [1.165, 1.54) is 18.3 Å². The summed E-state index contributed by atoms with van der Waals surface area (Å²) in [6.45, 7) is 0. The van der Waals surface area contributed by atoms with Gasteiger partial charge in [-0.1, -0.05) is 11.3 Å². The molecule has 0 saturated heterocycles. The Morgan fingerprint density at radius 1 is 1.15 bits per heavy atom. The lowest BCUT2D eigenvalue weighted by molar-refractivity contribution is -0.137. The Balaban J connectivity index is 1.88. The molecular formula is C18H15F3N4OS. The van der Waals surface area contributed by atoms with E-state index in [9.17, 15) is 18.0 Å². The van der Waals surface area contributed by atoms with E-state index in [4.69, 9.17) is 0 Å². The first-order chi connectivity index (χ1) is 12.8. The van der Waals surface area contributed by atoms with Crippen LogP contribution in [0.1, 0.15) is 20.8 Å². The first kappa shape index (κ1) is 18.8. The van der Waals surface area contributed by atoms with Gasteiger partial charge in [0.2, 0.25) is 5.78 Å². The normalized spacial score (nSPS) is 11.3. The molecule has 3 rings (SSSR count). The van der Waals surface area contributed by atoms with Gasteiger partial charge in [-0.05, 0) is 36.4 Å². The molecule has 0 aliphatic heterocycles. The Labute approximate surface area is 157 Å². The van der Waals surface area contributed by atoms with Crippen molar-refractivity contribution in [3.05, 3.63) is 64.8 Å². The Hall–Kier alpha value is -2.94. The molecule has 0 aliphatic rings. The van der Waals surface area contributed by atoms with E-state index in [1.807, 2.05) is 0 Å². The van der Waals surface area contributed by atoms with Gasteiger partial charge in [0.25, 0.3) is 0 Å². The number of thiazole rings is 1. The molecule has 2 heterocycles. The molecule has 0 aliphatic carbocycles. The fourth-order valence-corrected chi connectivity index (χ4v) is 3.34. The number of nitrogens with zero attached hydrogens (tertiary/aromatic N) is 3. The number of carbonyl (C=O) groups is 1. The lowest BCUT2D eigenvalue weighted by Gasteiger charge is -2.10. The van der Waals surface area contributed by atoms with Gasteiger partial charge >= 0.3 is 6.18 Å². The number of anilines is 3. The SMILES string of the molecule is CN(C)c1nc(Nc2ccc(C(F)(F)F)cc2)sc1C(=O)c1cccnc1. The molecule has 0 saturated carbocycles. The molecule has 1 aromatic carbocycles. The monoisotopic (exact) mass is 392 g/mol. The van der Waals surface area contributed by atoms with E-state index in [2.05, 4.69) is 15.3 Å². The van der Waals surface area contributed by atoms with Crippen LogP contribution in [-0.4, -0.2) is 29.8 Å². The van der Waals surface area contributed by atoms with Gasteiger partial charge in [-0.3, -0.25) is 9.78 Å². The number of nitrogens with one attached hydrogen (secondary N) is 1. The predicted octanol–water partition coefficient (Wildman–Crippen LogP) is 4.60. The van der Waals surface area contributed by atoms with Crippen LogP contribution in [0.3, 0.4) is 0 Å². The summed E-state index contributed by atoms with van der Waals surface area (Å²) in [5.74, 6) is 0.257. The average molecular weight is 392 g/mol. The third kappa shape index (κ3) is 4.25. The van der Waals surface area contributed by atoms with E-state index < -0.39 is 11.7 Å². The van der Waals surface area contributed by atoms with Gasteiger partial charge < -0.3 is 10.2 Å². The van der Waals surface area contributed by atoms with Gasteiger partial charge in [-0.25, -0.2) is 4.98 Å². The van der Waals surface area contributed by atoms with E-state index in [0.717, 1.165) is 23.5 Å². The Morgan fingerprint density at radius 3 is 2.41 bits per heavy atom. The number of hydrogen-bond donors (Lipinski definition) is 1. The number of aromatic nitrogens is 2. The summed E-state index contributed by atoms with van der Waals surface area (Å²) in [6.07, 6.45) is -1.33. The van der Waals surface area contributed by atoms with Crippen molar-refractivity contribution in [2.45, 2.75) is 6.18 Å². The molecule has 3 aromatic rings. The Morgan fingerprint density at radius 2 is 1.85 bits per heavy atom. The molecule has 0 spiro atoms. The van der Waals surface area contributed by atoms with Crippen molar-refractivity contribution >= 4 is 33.8 Å². The second-order valence-electron chi connectivity index (χ2n) is 5.84. The number of carbonyl (C=O) groups excluding carboxylic acids is 1. The van der Waals surface area contributed by atoms with Gasteiger partial charge in [0.1, 0.15) is 4.88 Å². The summed E-state index contributed by atoms with van der Waals surface area (Å²) >= 11 is 1.13. The second kappa shape index (κ2) is 7.36. The number of ketones is 1. The highest BCUT2D eigenvalue weighted by Gasteiger charge is 2.30. The first-order valence-corrected chi connectivity index (χ1v) is 8.64. The molecule has 9 heteroatoms. The minimum Gasteiger partial charge on any atom is -0.361 e. The van der Waals surface area contributed by atoms with E-state index in [0.29, 0.717) is 27.1 Å². The highest BCUT2D eigenvalue weighted by atomic mass is 32.1. The number of hydrogen-bond acceptors (Lipinski definition) is 6. The third-order valence-electron chi connectivity index (χ3n) is 3.63. The molecule has 0 unspecified atom stereocenters. The molecule has 0 amide bonds. The van der Waals surface area contributed by atoms with Crippen molar-refractivity contribution in [2.75, 3.05) is 24.3 Å². The summed E-state index contributed by atoms with van der Waals surface area (Å²) in [4.78, 5) is 23.2. The molecule has 2 aromatic heterocycles. The Bertz CT molecular complexity index is 937. The zero-order valence-corrected chi connectivity index (χ0v) is 15.2. The molecule has 0 fully saturated rings. The highest BCUT2D eigenvalue weighted by Crippen LogP contribution is 2.34. The van der Waals surface area contributed by atoms with Crippen molar-refractivity contribution in [1.82, 2.24) is 9.97 Å². The van der Waals surface area contributed by atoms with Crippen LogP contribution in [0.15, 0.2) is 48.8 Å². The third-order valence-corrected chi connectivity index (χ3v) is 4.59. The van der Waals surface area contributed by atoms with Gasteiger partial charge in [0.15, 0.2) is 10.9 Å². The van der Waals surface area contributed by atoms with Gasteiger partial charge in [-0.15, -0.1) is 0 Å². The quantitative estimate of drug-likeness (QED) is 0.643. The first-order valence-electron chi connectivity index (χ1n) is 7.83. The van der Waals surface area contributed by atoms with Crippen molar-refractivity contribution in [3.8, 4) is 0 Å². The fourth-order valence-electron chi connectivity index (χ4n) is 2.31. The van der Waals surface area contributed by atoms with Crippen LogP contribution in [-0.2, 0) is 6.18 Å². The fraction of sp³-hybridized carbons (Fsp3) is 0.167. The summed E-state index contributed by atoms with van der Waals surface area (Å²) in [7, 11) is 3.52. The van der Waals surface area contributed by atoms with Crippen LogP contribution in [0.5, 0.6) is 0 Å². The van der Waals surface area contributed by atoms with Crippen LogP contribution in [0.4, 0.5) is 29.8 Å². The van der Waals surface area contributed by atoms with E-state index >= 15 is 0 Å². The Kier molecular flexibility index (Phi) is 5.13. The largest absolute Gasteiger partial charge is 0.416 e. The second-order valence-corrected chi connectivity index (χ2v) is 6.84. The minimum absolute atomic E-state index is 0.218. The number of rotatable bonds is 5. The lowest BCUT2D eigenvalue weighted by Crippen LogP contribution is -2.13. The zero-order chi connectivity index (χ0) is 19.6. The van der Waals surface area contributed by atoms with Crippen LogP contribution in [0.25, 0.3) is 0 Å². The summed E-state index contributed by atoms with van der Waals surface area (Å²) < 4.78 is 38.0. The maximum Gasteiger partial charge on any atom is 0.416 e. The van der Waals surface area contributed by atoms with Crippen LogP contribution in [0, 0.1) is 0 Å². The molecular weight excluding hydrogens is 377 g/mol. The molecule has 1 N–H and O–H groups in total. The van der Waals surface area contributed by atoms with Crippen LogP contribution in [0.2, 0.25) is 0 Å². The standard InChI is InChI=1S/C18H15F3N4OS/c1-25(2)16-15(14(26)11-4-3-9-22-10-11)27-17(24-16)23-13-7-5-12(6-8-13)18(19,20)21/h3-10H,1-2H3,(H,23,24). The van der Waals surface area contributed by atoms with Crippen LogP contribution < -0.4 is 10.2 Å². The molecule has 5 nitrogen and oxygen atoms in total. The number of halogens is 3. The van der Waals surface area contributed by atoms with Crippen molar-refractivity contribution in [1.29, 1.82) is 0 Å². The van der Waals surface area contributed by atoms with Gasteiger partial charge in [0.05, 0.1) is 5.56 Å². The smallest absolute Gasteiger partial charge is 0.361 e. The average Bonchev–Trinajstić information content (AvgIpc) is 3.05. The van der Waals surface area contributed by atoms with Crippen molar-refractivity contribution < 1.29 is 18.0 Å². The maximum atomic E-state index is 12.7. The molecule has 140 valence electrons. The van der Waals surface area contributed by atoms with Crippen molar-refractivity contribution in [3.63, 3.8) is 0 Å². The number of pyridine rings is 1. The van der Waals surface area contributed by atoms with E-state index in [-0.39, 0.29) is 5.78 Å². The van der Waals surface area contributed by atoms with Gasteiger partial charge in [-0.2, -0.15) is 13.2 Å². The predicted molar refractivity (Wildman–Crippen MR) is 98.8 cm³/mol. The lowest BCUT2D eigenvalue weighted by atomic mass is 10.1. The molecule has 0 atom stereocenters. The number of benzene rings is 1. The highest BCUT2D eigenvalue weighted by molar-refractivity contribution is 7.18. The maximum absolute atomic E-state index is 12.7. The topological polar surface area (TPSA) is 58.1 Å². The summed E-state index contributed by atoms with van der Waals surface area (Å²) in [5, 5.41) is 3.36. The summed E-state index contributed by atoms with van der Waals surface area (Å²) in [6, 6.07) is 7.96. The zero-order valence-electron chi connectivity index (χ0n) is 14.4. The summed E-state index contributed by atoms with van der Waals surface area (Å²) in [5.41, 5.74) is 0.154. The van der Waals surface area contributed by atoms with Crippen molar-refractivity contribution in [2.24, 2.45) is 0 Å². The minimum atomic E-state index is -4.39. The molecule has 0 radical (unpaired) electrons. The molecule has 0 bridgehead atoms. The number of alkyl halides is 3.